The van der Waals surface area contributed by atoms with Crippen LogP contribution in [-0.2, 0) is 0 Å². The molecule has 0 aliphatic heterocycles. The number of anilines is 1. The quantitative estimate of drug-likeness (QED) is 0.796. The monoisotopic (exact) mass is 268 g/mol. The smallest absolute Gasteiger partial charge is 0.238 e. The minimum absolute atomic E-state index is 0.470. The van der Waals surface area contributed by atoms with Gasteiger partial charge in [0.15, 0.2) is 0 Å². The predicted octanol–water partition coefficient (Wildman–Crippen LogP) is 3.84. The second-order valence-electron chi connectivity index (χ2n) is 5.32. The van der Waals surface area contributed by atoms with Crippen molar-refractivity contribution in [2.75, 3.05) is 12.3 Å². The Hall–Kier alpha value is -0.900. The molecule has 0 spiro atoms. The molecule has 0 amide bonds. The van der Waals surface area contributed by atoms with Crippen LogP contribution in [0.5, 0.6) is 5.88 Å². The molecular weight excluding hydrogens is 244 g/mol. The van der Waals surface area contributed by atoms with Gasteiger partial charge in [-0.3, -0.25) is 0 Å². The highest BCUT2D eigenvalue weighted by Gasteiger charge is 2.12. The molecule has 1 atom stereocenters. The van der Waals surface area contributed by atoms with E-state index < -0.39 is 0 Å². The van der Waals surface area contributed by atoms with Crippen molar-refractivity contribution in [1.29, 1.82) is 0 Å². The maximum atomic E-state index is 5.87. The van der Waals surface area contributed by atoms with E-state index in [-0.39, 0.29) is 0 Å². The number of pyridine rings is 1. The van der Waals surface area contributed by atoms with E-state index in [1.165, 1.54) is 0 Å². The summed E-state index contributed by atoms with van der Waals surface area (Å²) < 4.78 is 5.63. The minimum atomic E-state index is 0.470. The number of nitrogens with zero attached hydrogens (tertiary/aromatic N) is 1. The van der Waals surface area contributed by atoms with Gasteiger partial charge in [-0.25, -0.2) is 4.98 Å². The van der Waals surface area contributed by atoms with Gasteiger partial charge >= 0.3 is 0 Å². The van der Waals surface area contributed by atoms with Crippen molar-refractivity contribution >= 4 is 17.4 Å². The molecule has 3 nitrogen and oxygen atoms in total. The Bertz CT molecular complexity index is 380. The van der Waals surface area contributed by atoms with Gasteiger partial charge in [0.2, 0.25) is 5.88 Å². The van der Waals surface area contributed by atoms with Crippen LogP contribution in [0.25, 0.3) is 0 Å². The maximum absolute atomic E-state index is 5.87. The fourth-order valence-corrected chi connectivity index (χ4v) is 2.12. The second kappa shape index (κ2) is 6.88. The van der Waals surface area contributed by atoms with E-state index in [1.54, 1.807) is 11.8 Å². The van der Waals surface area contributed by atoms with Crippen LogP contribution in [-0.4, -0.2) is 16.8 Å². The van der Waals surface area contributed by atoms with Crippen molar-refractivity contribution in [2.24, 2.45) is 11.8 Å². The van der Waals surface area contributed by atoms with E-state index in [0.29, 0.717) is 35.3 Å². The fourth-order valence-electron chi connectivity index (χ4n) is 1.19. The molecule has 1 unspecified atom stereocenters. The van der Waals surface area contributed by atoms with Crippen LogP contribution in [0, 0.1) is 11.8 Å². The molecule has 0 aliphatic carbocycles. The van der Waals surface area contributed by atoms with Gasteiger partial charge in [-0.1, -0.05) is 34.6 Å². The summed E-state index contributed by atoms with van der Waals surface area (Å²) in [5.41, 5.74) is 6.48. The van der Waals surface area contributed by atoms with Gasteiger partial charge in [0.1, 0.15) is 5.03 Å². The molecule has 0 bridgehead atoms. The van der Waals surface area contributed by atoms with Crippen molar-refractivity contribution in [3.05, 3.63) is 12.1 Å². The topological polar surface area (TPSA) is 48.1 Å². The Morgan fingerprint density at radius 1 is 1.22 bits per heavy atom. The highest BCUT2D eigenvalue weighted by atomic mass is 32.2. The van der Waals surface area contributed by atoms with Crippen molar-refractivity contribution in [3.63, 3.8) is 0 Å². The van der Waals surface area contributed by atoms with Crippen LogP contribution < -0.4 is 10.5 Å². The maximum Gasteiger partial charge on any atom is 0.238 e. The predicted molar refractivity (Wildman–Crippen MR) is 79.1 cm³/mol. The zero-order valence-electron chi connectivity index (χ0n) is 11.9. The highest BCUT2D eigenvalue weighted by molar-refractivity contribution is 7.99. The average Bonchev–Trinajstić information content (AvgIpc) is 2.29. The van der Waals surface area contributed by atoms with Gasteiger partial charge in [-0.15, -0.1) is 11.8 Å². The van der Waals surface area contributed by atoms with Crippen LogP contribution in [0.15, 0.2) is 17.2 Å². The van der Waals surface area contributed by atoms with Gasteiger partial charge in [0.05, 0.1) is 12.3 Å². The molecule has 2 N–H and O–H groups in total. The van der Waals surface area contributed by atoms with Crippen molar-refractivity contribution in [3.8, 4) is 5.88 Å². The summed E-state index contributed by atoms with van der Waals surface area (Å²) in [6.07, 6.45) is 0. The third kappa shape index (κ3) is 4.77. The number of rotatable bonds is 6. The van der Waals surface area contributed by atoms with E-state index in [1.807, 2.05) is 12.1 Å². The number of ether oxygens (including phenoxy) is 1. The summed E-state index contributed by atoms with van der Waals surface area (Å²) in [7, 11) is 0. The lowest BCUT2D eigenvalue weighted by Crippen LogP contribution is -2.09. The third-order valence-corrected chi connectivity index (χ3v) is 4.05. The van der Waals surface area contributed by atoms with E-state index in [4.69, 9.17) is 10.5 Å². The van der Waals surface area contributed by atoms with Crippen molar-refractivity contribution in [1.82, 2.24) is 4.98 Å². The lowest BCUT2D eigenvalue weighted by molar-refractivity contribution is 0.261. The molecule has 0 saturated carbocycles. The molecule has 0 saturated heterocycles. The first-order valence-corrected chi connectivity index (χ1v) is 7.34. The molecule has 1 rings (SSSR count). The lowest BCUT2D eigenvalue weighted by atomic mass is 10.2. The van der Waals surface area contributed by atoms with Crippen molar-refractivity contribution < 1.29 is 4.74 Å². The molecule has 102 valence electrons. The number of nitrogens with two attached hydrogens (primary N) is 1. The van der Waals surface area contributed by atoms with E-state index in [0.717, 1.165) is 5.03 Å². The van der Waals surface area contributed by atoms with Crippen LogP contribution >= 0.6 is 11.8 Å². The Balaban J connectivity index is 2.74. The molecule has 1 heterocycles. The summed E-state index contributed by atoms with van der Waals surface area (Å²) >= 11 is 1.76. The van der Waals surface area contributed by atoms with Crippen LogP contribution in [0.3, 0.4) is 0 Å². The molecule has 1 aromatic rings. The van der Waals surface area contributed by atoms with Gasteiger partial charge in [0, 0.05) is 5.25 Å². The third-order valence-electron chi connectivity index (χ3n) is 2.66. The fraction of sp³-hybridized carbons (Fsp3) is 0.643. The Morgan fingerprint density at radius 3 is 2.44 bits per heavy atom. The summed E-state index contributed by atoms with van der Waals surface area (Å²) in [6, 6.07) is 3.83. The standard InChI is InChI=1S/C14H24N2OS/c1-9(2)8-17-14-12(15)6-7-13(16-14)18-11(5)10(3)4/h6-7,9-11H,8,15H2,1-5H3. The minimum Gasteiger partial charge on any atom is -0.476 e. The van der Waals surface area contributed by atoms with E-state index in [9.17, 15) is 0 Å². The molecule has 4 heteroatoms. The van der Waals surface area contributed by atoms with E-state index in [2.05, 4.69) is 39.6 Å². The number of nitrogen functional groups attached to an aromatic ring is 1. The number of hydrogen-bond acceptors (Lipinski definition) is 4. The first-order valence-electron chi connectivity index (χ1n) is 6.46. The van der Waals surface area contributed by atoms with Crippen LogP contribution in [0.1, 0.15) is 34.6 Å². The molecule has 0 aromatic carbocycles. The SMILES string of the molecule is CC(C)COc1nc(SC(C)C(C)C)ccc1N. The Labute approximate surface area is 115 Å². The molecule has 0 aliphatic rings. The Kier molecular flexibility index (Phi) is 5.79. The highest BCUT2D eigenvalue weighted by Crippen LogP contribution is 2.29. The average molecular weight is 268 g/mol. The molecular formula is C14H24N2OS. The van der Waals surface area contributed by atoms with Crippen LogP contribution in [0.2, 0.25) is 0 Å². The van der Waals surface area contributed by atoms with Crippen molar-refractivity contribution in [2.45, 2.75) is 44.9 Å². The van der Waals surface area contributed by atoms with Gasteiger partial charge < -0.3 is 10.5 Å². The van der Waals surface area contributed by atoms with E-state index >= 15 is 0 Å². The first-order chi connectivity index (χ1) is 8.40. The molecule has 0 radical (unpaired) electrons. The van der Waals surface area contributed by atoms with Gasteiger partial charge in [-0.2, -0.15) is 0 Å². The summed E-state index contributed by atoms with van der Waals surface area (Å²) in [4.78, 5) is 4.48. The second-order valence-corrected chi connectivity index (χ2v) is 6.71. The number of hydrogen-bond donors (Lipinski definition) is 1. The number of thioether (sulfide) groups is 1. The zero-order valence-corrected chi connectivity index (χ0v) is 12.8. The lowest BCUT2D eigenvalue weighted by Gasteiger charge is -2.15. The summed E-state index contributed by atoms with van der Waals surface area (Å²) in [6.45, 7) is 11.5. The van der Waals surface area contributed by atoms with Gasteiger partial charge in [0.25, 0.3) is 0 Å². The summed E-state index contributed by atoms with van der Waals surface area (Å²) in [5.74, 6) is 1.65. The van der Waals surface area contributed by atoms with Crippen LogP contribution in [0.4, 0.5) is 5.69 Å². The Morgan fingerprint density at radius 2 is 1.89 bits per heavy atom. The zero-order chi connectivity index (χ0) is 13.7. The number of aromatic nitrogens is 1. The normalized spacial score (nSPS) is 13.1. The molecule has 18 heavy (non-hydrogen) atoms. The first kappa shape index (κ1) is 15.2. The van der Waals surface area contributed by atoms with Gasteiger partial charge in [-0.05, 0) is 24.0 Å². The largest absolute Gasteiger partial charge is 0.476 e. The molecule has 1 aromatic heterocycles. The summed E-state index contributed by atoms with van der Waals surface area (Å²) in [5, 5.41) is 1.50. The molecule has 0 fully saturated rings.